The number of hydrogen-bond acceptors (Lipinski definition) is 4. The highest BCUT2D eigenvalue weighted by molar-refractivity contribution is 7.09. The Bertz CT molecular complexity index is 653. The van der Waals surface area contributed by atoms with Gasteiger partial charge in [-0.1, -0.05) is 25.1 Å². The molecule has 0 aromatic carbocycles. The molecule has 0 bridgehead atoms. The van der Waals surface area contributed by atoms with E-state index in [0.717, 1.165) is 32.4 Å². The number of aromatic nitrogens is 1. The predicted molar refractivity (Wildman–Crippen MR) is 92.0 cm³/mol. The lowest BCUT2D eigenvalue weighted by atomic mass is 9.92. The predicted octanol–water partition coefficient (Wildman–Crippen LogP) is 4.26. The third-order valence-electron chi connectivity index (χ3n) is 4.60. The molecule has 23 heavy (non-hydrogen) atoms. The van der Waals surface area contributed by atoms with Crippen molar-refractivity contribution >= 4 is 17.2 Å². The Morgan fingerprint density at radius 1 is 1.43 bits per heavy atom. The van der Waals surface area contributed by atoms with Crippen LogP contribution in [0.4, 0.5) is 0 Å². The molecule has 1 fully saturated rings. The Morgan fingerprint density at radius 3 is 2.78 bits per heavy atom. The molecule has 0 radical (unpaired) electrons. The van der Waals surface area contributed by atoms with Crippen LogP contribution in [-0.4, -0.2) is 29.1 Å². The first-order valence-corrected chi connectivity index (χ1v) is 9.22. The van der Waals surface area contributed by atoms with E-state index < -0.39 is 0 Å². The number of carbonyl (C=O) groups is 1. The topological polar surface area (TPSA) is 46.3 Å². The standard InChI is InChI=1S/C18H24N2O2S/c1-12(2)17-16(13(3)19-22-17)18(21)20-8-6-14(7-9-20)11-15-5-4-10-23-15/h4-5,10,12,14H,6-9,11H2,1-3H3. The van der Waals surface area contributed by atoms with Gasteiger partial charge >= 0.3 is 0 Å². The molecule has 0 N–H and O–H groups in total. The molecule has 1 aliphatic rings. The molecule has 1 aliphatic heterocycles. The average molecular weight is 332 g/mol. The van der Waals surface area contributed by atoms with Crippen molar-refractivity contribution in [3.8, 4) is 0 Å². The van der Waals surface area contributed by atoms with E-state index in [-0.39, 0.29) is 11.8 Å². The van der Waals surface area contributed by atoms with Gasteiger partial charge in [-0.25, -0.2) is 0 Å². The van der Waals surface area contributed by atoms with E-state index in [0.29, 0.717) is 22.9 Å². The number of nitrogens with zero attached hydrogens (tertiary/aromatic N) is 2. The fourth-order valence-corrected chi connectivity index (χ4v) is 4.07. The molecule has 0 aliphatic carbocycles. The van der Waals surface area contributed by atoms with E-state index in [1.807, 2.05) is 37.0 Å². The zero-order chi connectivity index (χ0) is 16.4. The van der Waals surface area contributed by atoms with E-state index >= 15 is 0 Å². The summed E-state index contributed by atoms with van der Waals surface area (Å²) in [7, 11) is 0. The first kappa shape index (κ1) is 16.2. The van der Waals surface area contributed by atoms with E-state index in [1.165, 1.54) is 4.88 Å². The highest BCUT2D eigenvalue weighted by Crippen LogP contribution is 2.28. The van der Waals surface area contributed by atoms with Crippen LogP contribution in [0, 0.1) is 12.8 Å². The van der Waals surface area contributed by atoms with Crippen molar-refractivity contribution in [3.63, 3.8) is 0 Å². The summed E-state index contributed by atoms with van der Waals surface area (Å²) in [5.41, 5.74) is 1.39. The maximum absolute atomic E-state index is 12.9. The van der Waals surface area contributed by atoms with E-state index in [2.05, 4.69) is 22.7 Å². The van der Waals surface area contributed by atoms with E-state index in [9.17, 15) is 4.79 Å². The van der Waals surface area contributed by atoms with Gasteiger partial charge in [0.1, 0.15) is 5.56 Å². The second-order valence-electron chi connectivity index (χ2n) is 6.68. The number of piperidine rings is 1. The Balaban J connectivity index is 1.63. The number of carbonyl (C=O) groups excluding carboxylic acids is 1. The molecule has 124 valence electrons. The third-order valence-corrected chi connectivity index (χ3v) is 5.50. The molecular weight excluding hydrogens is 308 g/mol. The summed E-state index contributed by atoms with van der Waals surface area (Å²) in [6.07, 6.45) is 3.29. The van der Waals surface area contributed by atoms with Crippen molar-refractivity contribution in [1.82, 2.24) is 10.1 Å². The van der Waals surface area contributed by atoms with Gasteiger partial charge in [0.15, 0.2) is 5.76 Å². The first-order chi connectivity index (χ1) is 11.1. The quantitative estimate of drug-likeness (QED) is 0.840. The summed E-state index contributed by atoms with van der Waals surface area (Å²) >= 11 is 1.83. The Morgan fingerprint density at radius 2 is 2.17 bits per heavy atom. The van der Waals surface area contributed by atoms with Crippen molar-refractivity contribution in [2.45, 2.75) is 46.0 Å². The molecule has 0 atom stereocenters. The van der Waals surface area contributed by atoms with Crippen LogP contribution in [0.3, 0.4) is 0 Å². The summed E-state index contributed by atoms with van der Waals surface area (Å²) in [4.78, 5) is 16.3. The molecule has 3 rings (SSSR count). The molecular formula is C18H24N2O2S. The van der Waals surface area contributed by atoms with Gasteiger partial charge in [0.25, 0.3) is 5.91 Å². The Labute approximate surface area is 141 Å². The maximum Gasteiger partial charge on any atom is 0.259 e. The average Bonchev–Trinajstić information content (AvgIpc) is 3.17. The van der Waals surface area contributed by atoms with Gasteiger partial charge in [-0.2, -0.15) is 0 Å². The molecule has 1 saturated heterocycles. The zero-order valence-corrected chi connectivity index (χ0v) is 14.9. The minimum absolute atomic E-state index is 0.0852. The zero-order valence-electron chi connectivity index (χ0n) is 14.0. The smallest absolute Gasteiger partial charge is 0.259 e. The highest BCUT2D eigenvalue weighted by Gasteiger charge is 2.29. The molecule has 1 amide bonds. The van der Waals surface area contributed by atoms with Crippen LogP contribution in [-0.2, 0) is 6.42 Å². The van der Waals surface area contributed by atoms with Gasteiger partial charge in [0.2, 0.25) is 0 Å². The lowest BCUT2D eigenvalue weighted by Gasteiger charge is -2.32. The summed E-state index contributed by atoms with van der Waals surface area (Å²) in [5.74, 6) is 1.66. The number of thiophene rings is 1. The minimum Gasteiger partial charge on any atom is -0.360 e. The first-order valence-electron chi connectivity index (χ1n) is 8.34. The molecule has 5 heteroatoms. The van der Waals surface area contributed by atoms with Gasteiger partial charge in [-0.3, -0.25) is 4.79 Å². The largest absolute Gasteiger partial charge is 0.360 e. The fourth-order valence-electron chi connectivity index (χ4n) is 3.25. The highest BCUT2D eigenvalue weighted by atomic mass is 32.1. The molecule has 0 saturated carbocycles. The number of rotatable bonds is 4. The molecule has 4 nitrogen and oxygen atoms in total. The third kappa shape index (κ3) is 3.50. The maximum atomic E-state index is 12.9. The van der Waals surface area contributed by atoms with Crippen LogP contribution in [0.1, 0.15) is 59.3 Å². The van der Waals surface area contributed by atoms with Crippen molar-refractivity contribution in [3.05, 3.63) is 39.4 Å². The minimum atomic E-state index is 0.0852. The van der Waals surface area contributed by atoms with Crippen LogP contribution in [0.25, 0.3) is 0 Å². The van der Waals surface area contributed by atoms with Crippen molar-refractivity contribution in [2.24, 2.45) is 5.92 Å². The van der Waals surface area contributed by atoms with Crippen LogP contribution in [0.5, 0.6) is 0 Å². The van der Waals surface area contributed by atoms with Gasteiger partial charge < -0.3 is 9.42 Å². The lowest BCUT2D eigenvalue weighted by Crippen LogP contribution is -2.39. The van der Waals surface area contributed by atoms with Crippen LogP contribution >= 0.6 is 11.3 Å². The normalized spacial score (nSPS) is 16.3. The van der Waals surface area contributed by atoms with E-state index in [1.54, 1.807) is 0 Å². The lowest BCUT2D eigenvalue weighted by molar-refractivity contribution is 0.0687. The van der Waals surface area contributed by atoms with Crippen molar-refractivity contribution in [1.29, 1.82) is 0 Å². The molecule has 3 heterocycles. The van der Waals surface area contributed by atoms with Crippen molar-refractivity contribution < 1.29 is 9.32 Å². The SMILES string of the molecule is Cc1noc(C(C)C)c1C(=O)N1CCC(Cc2cccs2)CC1. The Kier molecular flexibility index (Phi) is 4.85. The molecule has 2 aromatic rings. The summed E-state index contributed by atoms with van der Waals surface area (Å²) < 4.78 is 5.36. The van der Waals surface area contributed by atoms with Crippen LogP contribution < -0.4 is 0 Å². The summed E-state index contributed by atoms with van der Waals surface area (Å²) in [6, 6.07) is 4.32. The fraction of sp³-hybridized carbons (Fsp3) is 0.556. The van der Waals surface area contributed by atoms with Crippen LogP contribution in [0.15, 0.2) is 22.0 Å². The molecule has 2 aromatic heterocycles. The van der Waals surface area contributed by atoms with Crippen LogP contribution in [0.2, 0.25) is 0 Å². The molecule has 0 unspecified atom stereocenters. The Hall–Kier alpha value is -1.62. The summed E-state index contributed by atoms with van der Waals surface area (Å²) in [5, 5.41) is 6.13. The van der Waals surface area contributed by atoms with Gasteiger partial charge in [-0.15, -0.1) is 11.3 Å². The number of amides is 1. The van der Waals surface area contributed by atoms with Gasteiger partial charge in [-0.05, 0) is 43.6 Å². The monoisotopic (exact) mass is 332 g/mol. The van der Waals surface area contributed by atoms with E-state index in [4.69, 9.17) is 4.52 Å². The van der Waals surface area contributed by atoms with Gasteiger partial charge in [0.05, 0.1) is 5.69 Å². The number of likely N-dealkylation sites (tertiary alicyclic amines) is 1. The number of hydrogen-bond donors (Lipinski definition) is 0. The second-order valence-corrected chi connectivity index (χ2v) is 7.71. The van der Waals surface area contributed by atoms with Crippen molar-refractivity contribution in [2.75, 3.05) is 13.1 Å². The number of aryl methyl sites for hydroxylation is 1. The molecule has 0 spiro atoms. The second kappa shape index (κ2) is 6.87. The van der Waals surface area contributed by atoms with Gasteiger partial charge in [0, 0.05) is 23.9 Å². The summed E-state index contributed by atoms with van der Waals surface area (Å²) in [6.45, 7) is 7.58.